The average Bonchev–Trinajstić information content (AvgIpc) is 3.43. The van der Waals surface area contributed by atoms with Crippen LogP contribution in [0.4, 0.5) is 10.1 Å². The zero-order chi connectivity index (χ0) is 27.2. The molecule has 7 nitrogen and oxygen atoms in total. The number of hydrogen-bond donors (Lipinski definition) is 1. The zero-order valence-electron chi connectivity index (χ0n) is 21.3. The van der Waals surface area contributed by atoms with Crippen molar-refractivity contribution in [1.29, 1.82) is 0 Å². The highest BCUT2D eigenvalue weighted by Gasteiger charge is 2.33. The molecule has 0 aliphatic carbocycles. The van der Waals surface area contributed by atoms with Crippen LogP contribution in [0.2, 0.25) is 0 Å². The standard InChI is InChI=1S/C31H27FN2O5/c1-37-25-14-12-24(13-15-25)33-31(36)30(22-11-16-27-28(18-22)39-20-38-27)34(19-23-9-5-6-10-26(23)32)29(35)17-21-7-3-2-4-8-21/h2-16,18,30H,17,19-20H2,1H3,(H,33,36). The van der Waals surface area contributed by atoms with Crippen LogP contribution in [0, 0.1) is 5.82 Å². The molecule has 2 amide bonds. The highest BCUT2D eigenvalue weighted by molar-refractivity contribution is 5.98. The fraction of sp³-hybridized carbons (Fsp3) is 0.161. The van der Waals surface area contributed by atoms with Crippen LogP contribution in [0.1, 0.15) is 22.7 Å². The molecule has 0 radical (unpaired) electrons. The van der Waals surface area contributed by atoms with E-state index in [0.717, 1.165) is 5.56 Å². The van der Waals surface area contributed by atoms with Crippen molar-refractivity contribution in [1.82, 2.24) is 4.90 Å². The number of halogens is 1. The Morgan fingerprint density at radius 3 is 2.38 bits per heavy atom. The molecule has 39 heavy (non-hydrogen) atoms. The van der Waals surface area contributed by atoms with Gasteiger partial charge in [0.05, 0.1) is 13.5 Å². The van der Waals surface area contributed by atoms with Gasteiger partial charge in [0.25, 0.3) is 5.91 Å². The quantitative estimate of drug-likeness (QED) is 0.311. The van der Waals surface area contributed by atoms with Gasteiger partial charge in [-0.25, -0.2) is 4.39 Å². The molecule has 0 saturated heterocycles. The lowest BCUT2D eigenvalue weighted by Gasteiger charge is -2.32. The van der Waals surface area contributed by atoms with Gasteiger partial charge in [0.15, 0.2) is 11.5 Å². The molecule has 5 rings (SSSR count). The molecule has 0 aromatic heterocycles. The molecule has 0 spiro atoms. The Morgan fingerprint density at radius 1 is 0.923 bits per heavy atom. The van der Waals surface area contributed by atoms with E-state index in [1.54, 1.807) is 67.8 Å². The summed E-state index contributed by atoms with van der Waals surface area (Å²) in [5.74, 6) is 0.392. The lowest BCUT2D eigenvalue weighted by atomic mass is 10.0. The fourth-order valence-corrected chi connectivity index (χ4v) is 4.45. The monoisotopic (exact) mass is 526 g/mol. The van der Waals surface area contributed by atoms with E-state index in [1.165, 1.54) is 11.0 Å². The van der Waals surface area contributed by atoms with Crippen LogP contribution in [0.5, 0.6) is 17.2 Å². The third-order valence-electron chi connectivity index (χ3n) is 6.45. The lowest BCUT2D eigenvalue weighted by Crippen LogP contribution is -2.41. The molecule has 0 saturated carbocycles. The van der Waals surface area contributed by atoms with Gasteiger partial charge in [0.2, 0.25) is 12.7 Å². The summed E-state index contributed by atoms with van der Waals surface area (Å²) in [5.41, 5.74) is 2.10. The van der Waals surface area contributed by atoms with Crippen LogP contribution in [0.3, 0.4) is 0 Å². The van der Waals surface area contributed by atoms with Crippen molar-refractivity contribution >= 4 is 17.5 Å². The number of anilines is 1. The molecular formula is C31H27FN2O5. The third kappa shape index (κ3) is 6.01. The predicted molar refractivity (Wildman–Crippen MR) is 144 cm³/mol. The SMILES string of the molecule is COc1ccc(NC(=O)C(c2ccc3c(c2)OCO3)N(Cc2ccccc2F)C(=O)Cc2ccccc2)cc1. The second kappa shape index (κ2) is 11.7. The number of ether oxygens (including phenoxy) is 3. The van der Waals surface area contributed by atoms with E-state index in [2.05, 4.69) is 5.32 Å². The van der Waals surface area contributed by atoms with Crippen LogP contribution in [0.15, 0.2) is 97.1 Å². The molecule has 1 unspecified atom stereocenters. The molecule has 0 fully saturated rings. The minimum atomic E-state index is -1.10. The molecule has 1 aliphatic rings. The summed E-state index contributed by atoms with van der Waals surface area (Å²) in [6, 6.07) is 26.3. The van der Waals surface area contributed by atoms with Crippen molar-refractivity contribution in [3.05, 3.63) is 120 Å². The number of carbonyl (C=O) groups is 2. The highest BCUT2D eigenvalue weighted by Crippen LogP contribution is 2.37. The predicted octanol–water partition coefficient (Wildman–Crippen LogP) is 5.51. The second-order valence-corrected chi connectivity index (χ2v) is 9.01. The molecule has 4 aromatic rings. The van der Waals surface area contributed by atoms with Gasteiger partial charge < -0.3 is 24.4 Å². The van der Waals surface area contributed by atoms with E-state index in [0.29, 0.717) is 34.1 Å². The first-order chi connectivity index (χ1) is 19.0. The fourth-order valence-electron chi connectivity index (χ4n) is 4.45. The number of rotatable bonds is 9. The lowest BCUT2D eigenvalue weighted by molar-refractivity contribution is -0.139. The first-order valence-electron chi connectivity index (χ1n) is 12.4. The highest BCUT2D eigenvalue weighted by atomic mass is 19.1. The van der Waals surface area contributed by atoms with E-state index in [9.17, 15) is 14.0 Å². The van der Waals surface area contributed by atoms with E-state index in [1.807, 2.05) is 30.3 Å². The number of amides is 2. The first kappa shape index (κ1) is 25.8. The minimum absolute atomic E-state index is 0.0339. The topological polar surface area (TPSA) is 77.1 Å². The largest absolute Gasteiger partial charge is 0.497 e. The molecule has 8 heteroatoms. The number of benzene rings is 4. The molecule has 1 atom stereocenters. The number of nitrogens with zero attached hydrogens (tertiary/aromatic N) is 1. The number of fused-ring (bicyclic) bond motifs is 1. The van der Waals surface area contributed by atoms with Crippen LogP contribution in [-0.4, -0.2) is 30.6 Å². The number of carbonyl (C=O) groups excluding carboxylic acids is 2. The summed E-state index contributed by atoms with van der Waals surface area (Å²) in [4.78, 5) is 29.2. The van der Waals surface area contributed by atoms with E-state index >= 15 is 0 Å². The van der Waals surface area contributed by atoms with Gasteiger partial charge in [-0.2, -0.15) is 0 Å². The van der Waals surface area contributed by atoms with Crippen molar-refractivity contribution in [2.45, 2.75) is 19.0 Å². The van der Waals surface area contributed by atoms with E-state index in [4.69, 9.17) is 14.2 Å². The normalized spacial score (nSPS) is 12.5. The Kier molecular flexibility index (Phi) is 7.73. The van der Waals surface area contributed by atoms with E-state index < -0.39 is 17.8 Å². The Labute approximate surface area is 225 Å². The van der Waals surface area contributed by atoms with Crippen molar-refractivity contribution in [2.24, 2.45) is 0 Å². The van der Waals surface area contributed by atoms with Gasteiger partial charge in [-0.15, -0.1) is 0 Å². The van der Waals surface area contributed by atoms with Crippen LogP contribution in [-0.2, 0) is 22.6 Å². The van der Waals surface area contributed by atoms with Gasteiger partial charge in [0, 0.05) is 17.8 Å². The first-order valence-corrected chi connectivity index (χ1v) is 12.4. The molecule has 1 N–H and O–H groups in total. The van der Waals surface area contributed by atoms with Crippen LogP contribution >= 0.6 is 0 Å². The van der Waals surface area contributed by atoms with Gasteiger partial charge in [-0.3, -0.25) is 9.59 Å². The summed E-state index contributed by atoms with van der Waals surface area (Å²) in [6.07, 6.45) is 0.0339. The van der Waals surface area contributed by atoms with Crippen molar-refractivity contribution in [3.63, 3.8) is 0 Å². The van der Waals surface area contributed by atoms with Crippen LogP contribution < -0.4 is 19.5 Å². The molecule has 198 valence electrons. The summed E-state index contributed by atoms with van der Waals surface area (Å²) in [6.45, 7) is -0.0547. The molecular weight excluding hydrogens is 499 g/mol. The Hall–Kier alpha value is -4.85. The van der Waals surface area contributed by atoms with Gasteiger partial charge in [0.1, 0.15) is 17.6 Å². The smallest absolute Gasteiger partial charge is 0.251 e. The van der Waals surface area contributed by atoms with Crippen molar-refractivity contribution in [3.8, 4) is 17.2 Å². The van der Waals surface area contributed by atoms with Crippen LogP contribution in [0.25, 0.3) is 0 Å². The maximum Gasteiger partial charge on any atom is 0.251 e. The maximum absolute atomic E-state index is 14.8. The van der Waals surface area contributed by atoms with Gasteiger partial charge in [-0.05, 0) is 53.6 Å². The second-order valence-electron chi connectivity index (χ2n) is 9.01. The van der Waals surface area contributed by atoms with Gasteiger partial charge in [-0.1, -0.05) is 54.6 Å². The summed E-state index contributed by atoms with van der Waals surface area (Å²) in [7, 11) is 1.56. The Bertz CT molecular complexity index is 1460. The van der Waals surface area contributed by atoms with Crippen molar-refractivity contribution < 1.29 is 28.2 Å². The zero-order valence-corrected chi connectivity index (χ0v) is 21.3. The molecule has 4 aromatic carbocycles. The average molecular weight is 527 g/mol. The summed E-state index contributed by atoms with van der Waals surface area (Å²) in [5, 5.41) is 2.90. The maximum atomic E-state index is 14.8. The molecule has 1 heterocycles. The Morgan fingerprint density at radius 2 is 1.64 bits per heavy atom. The number of hydrogen-bond acceptors (Lipinski definition) is 5. The van der Waals surface area contributed by atoms with E-state index in [-0.39, 0.29) is 25.7 Å². The van der Waals surface area contributed by atoms with Gasteiger partial charge >= 0.3 is 0 Å². The Balaban J connectivity index is 1.55. The molecule has 1 aliphatic heterocycles. The third-order valence-corrected chi connectivity index (χ3v) is 6.45. The summed E-state index contributed by atoms with van der Waals surface area (Å²) >= 11 is 0. The minimum Gasteiger partial charge on any atom is -0.497 e. The summed E-state index contributed by atoms with van der Waals surface area (Å²) < 4.78 is 31.0. The number of methoxy groups -OCH3 is 1. The number of nitrogens with one attached hydrogen (secondary N) is 1. The van der Waals surface area contributed by atoms with Crippen molar-refractivity contribution in [2.75, 3.05) is 19.2 Å². The molecule has 0 bridgehead atoms.